The molecule has 0 saturated carbocycles. The summed E-state index contributed by atoms with van der Waals surface area (Å²) < 4.78 is 28.1. The van der Waals surface area contributed by atoms with Crippen LogP contribution in [0, 0.1) is 0 Å². The highest BCUT2D eigenvalue weighted by atomic mass is 32.2. The van der Waals surface area contributed by atoms with E-state index in [1.165, 1.54) is 12.1 Å². The van der Waals surface area contributed by atoms with Gasteiger partial charge in [-0.25, -0.2) is 8.42 Å². The number of nitrogens with one attached hydrogen (secondary N) is 2. The molecule has 0 bridgehead atoms. The molecule has 2 N–H and O–H groups in total. The lowest BCUT2D eigenvalue weighted by molar-refractivity contribution is -0.123. The van der Waals surface area contributed by atoms with Gasteiger partial charge >= 0.3 is 0 Å². The molecule has 3 rings (SSSR count). The van der Waals surface area contributed by atoms with E-state index in [0.29, 0.717) is 12.2 Å². The molecule has 0 saturated heterocycles. The highest BCUT2D eigenvalue weighted by Crippen LogP contribution is 2.22. The van der Waals surface area contributed by atoms with Crippen LogP contribution in [0.15, 0.2) is 89.8 Å². The van der Waals surface area contributed by atoms with Gasteiger partial charge < -0.3 is 5.32 Å². The summed E-state index contributed by atoms with van der Waals surface area (Å²) in [7, 11) is -3.79. The van der Waals surface area contributed by atoms with Crippen LogP contribution in [0.3, 0.4) is 0 Å². The summed E-state index contributed by atoms with van der Waals surface area (Å²) in [6, 6.07) is 25.1. The largest absolute Gasteiger partial charge is 0.348 e. The molecule has 0 heterocycles. The molecule has 3 aromatic rings. The SMILES string of the molecule is CSCCC(NS(=O)(=O)c1ccccc1)C(=O)NC(C)c1ccc(-c2ccccc2)cc1. The molecule has 5 nitrogen and oxygen atoms in total. The van der Waals surface area contributed by atoms with Gasteiger partial charge in [-0.15, -0.1) is 0 Å². The number of sulfonamides is 1. The fraction of sp³-hybridized carbons (Fsp3) is 0.240. The lowest BCUT2D eigenvalue weighted by Gasteiger charge is -2.21. The molecule has 0 fully saturated rings. The van der Waals surface area contributed by atoms with Crippen molar-refractivity contribution in [1.82, 2.24) is 10.0 Å². The summed E-state index contributed by atoms with van der Waals surface area (Å²) in [6.07, 6.45) is 2.33. The smallest absolute Gasteiger partial charge is 0.241 e. The van der Waals surface area contributed by atoms with Gasteiger partial charge in [-0.3, -0.25) is 4.79 Å². The van der Waals surface area contributed by atoms with Gasteiger partial charge in [-0.2, -0.15) is 16.5 Å². The number of rotatable bonds is 10. The number of amides is 1. The van der Waals surface area contributed by atoms with Gasteiger partial charge in [0.1, 0.15) is 6.04 Å². The van der Waals surface area contributed by atoms with Gasteiger partial charge in [-0.05, 0) is 54.2 Å². The number of thioether (sulfide) groups is 1. The standard InChI is InChI=1S/C25H28N2O3S2/c1-19(20-13-15-22(16-14-20)21-9-5-3-6-10-21)26-25(28)24(17-18-31-2)27-32(29,30)23-11-7-4-8-12-23/h3-16,19,24,27H,17-18H2,1-2H3,(H,26,28). The number of carbonyl (C=O) groups is 1. The van der Waals surface area contributed by atoms with Crippen LogP contribution in [0.5, 0.6) is 0 Å². The summed E-state index contributed by atoms with van der Waals surface area (Å²) in [5, 5.41) is 2.96. The maximum absolute atomic E-state index is 13.0. The molecule has 1 amide bonds. The van der Waals surface area contributed by atoms with Crippen LogP contribution in [0.1, 0.15) is 24.9 Å². The lowest BCUT2D eigenvalue weighted by atomic mass is 10.0. The van der Waals surface area contributed by atoms with E-state index in [-0.39, 0.29) is 16.8 Å². The van der Waals surface area contributed by atoms with Gasteiger partial charge in [0, 0.05) is 0 Å². The fourth-order valence-electron chi connectivity index (χ4n) is 3.33. The Bertz CT molecular complexity index is 1100. The third-order valence-corrected chi connectivity index (χ3v) is 7.29. The van der Waals surface area contributed by atoms with Crippen LogP contribution in [0.2, 0.25) is 0 Å². The molecule has 0 spiro atoms. The zero-order chi connectivity index (χ0) is 23.0. The summed E-state index contributed by atoms with van der Waals surface area (Å²) in [5.74, 6) is 0.327. The maximum atomic E-state index is 13.0. The average Bonchev–Trinajstić information content (AvgIpc) is 2.83. The Kier molecular flexibility index (Phi) is 8.50. The third-order valence-electron chi connectivity index (χ3n) is 5.15. The molecule has 0 aliphatic carbocycles. The van der Waals surface area contributed by atoms with Crippen LogP contribution < -0.4 is 10.0 Å². The van der Waals surface area contributed by atoms with E-state index >= 15 is 0 Å². The predicted octanol–water partition coefficient (Wildman–Crippen LogP) is 4.63. The second-order valence-electron chi connectivity index (χ2n) is 7.49. The minimum absolute atomic E-state index is 0.145. The van der Waals surface area contributed by atoms with E-state index in [9.17, 15) is 13.2 Å². The first-order chi connectivity index (χ1) is 15.4. The first-order valence-corrected chi connectivity index (χ1v) is 13.3. The van der Waals surface area contributed by atoms with Crippen molar-refractivity contribution in [2.75, 3.05) is 12.0 Å². The zero-order valence-electron chi connectivity index (χ0n) is 18.2. The van der Waals surface area contributed by atoms with Crippen LogP contribution in [-0.2, 0) is 14.8 Å². The van der Waals surface area contributed by atoms with Gasteiger partial charge in [0.05, 0.1) is 10.9 Å². The lowest BCUT2D eigenvalue weighted by Crippen LogP contribution is -2.47. The first kappa shape index (κ1) is 24.0. The maximum Gasteiger partial charge on any atom is 0.241 e. The van der Waals surface area contributed by atoms with E-state index < -0.39 is 16.1 Å². The molecule has 0 aliphatic rings. The number of carbonyl (C=O) groups excluding carboxylic acids is 1. The molecule has 168 valence electrons. The molecular weight excluding hydrogens is 440 g/mol. The van der Waals surface area contributed by atoms with Gasteiger partial charge in [0.2, 0.25) is 15.9 Å². The second-order valence-corrected chi connectivity index (χ2v) is 10.2. The summed E-state index contributed by atoms with van der Waals surface area (Å²) in [6.45, 7) is 1.90. The van der Waals surface area contributed by atoms with E-state index in [1.54, 1.807) is 30.0 Å². The van der Waals surface area contributed by atoms with Crippen molar-refractivity contribution in [1.29, 1.82) is 0 Å². The van der Waals surface area contributed by atoms with Crippen LogP contribution in [0.4, 0.5) is 0 Å². The number of hydrogen-bond acceptors (Lipinski definition) is 4. The van der Waals surface area contributed by atoms with Crippen molar-refractivity contribution in [3.05, 3.63) is 90.5 Å². The molecule has 32 heavy (non-hydrogen) atoms. The molecule has 2 unspecified atom stereocenters. The molecule has 0 radical (unpaired) electrons. The van der Waals surface area contributed by atoms with E-state index in [1.807, 2.05) is 55.6 Å². The minimum Gasteiger partial charge on any atom is -0.348 e. The molecule has 3 aromatic carbocycles. The Balaban J connectivity index is 1.70. The molecule has 0 aliphatic heterocycles. The zero-order valence-corrected chi connectivity index (χ0v) is 19.8. The van der Waals surface area contributed by atoms with Crippen molar-refractivity contribution >= 4 is 27.7 Å². The number of hydrogen-bond donors (Lipinski definition) is 2. The van der Waals surface area contributed by atoms with Crippen molar-refractivity contribution in [2.24, 2.45) is 0 Å². The van der Waals surface area contributed by atoms with E-state index in [4.69, 9.17) is 0 Å². The third kappa shape index (κ3) is 6.45. The van der Waals surface area contributed by atoms with Gasteiger partial charge in [0.25, 0.3) is 0 Å². The highest BCUT2D eigenvalue weighted by molar-refractivity contribution is 7.98. The van der Waals surface area contributed by atoms with Crippen molar-refractivity contribution in [3.63, 3.8) is 0 Å². The predicted molar refractivity (Wildman–Crippen MR) is 132 cm³/mol. The summed E-state index contributed by atoms with van der Waals surface area (Å²) >= 11 is 1.57. The molecule has 2 atom stereocenters. The van der Waals surface area contributed by atoms with Crippen LogP contribution >= 0.6 is 11.8 Å². The Hall–Kier alpha value is -2.61. The van der Waals surface area contributed by atoms with Crippen molar-refractivity contribution in [2.45, 2.75) is 30.3 Å². The minimum atomic E-state index is -3.79. The Morgan fingerprint density at radius 3 is 2.03 bits per heavy atom. The Morgan fingerprint density at radius 2 is 1.44 bits per heavy atom. The van der Waals surface area contributed by atoms with E-state index in [2.05, 4.69) is 22.2 Å². The number of benzene rings is 3. The topological polar surface area (TPSA) is 75.3 Å². The van der Waals surface area contributed by atoms with Crippen molar-refractivity contribution in [3.8, 4) is 11.1 Å². The molecule has 0 aromatic heterocycles. The van der Waals surface area contributed by atoms with Crippen LogP contribution in [-0.4, -0.2) is 32.4 Å². The van der Waals surface area contributed by atoms with Gasteiger partial charge in [-0.1, -0.05) is 72.8 Å². The fourth-order valence-corrected chi connectivity index (χ4v) is 5.05. The Labute approximate surface area is 194 Å². The molecular formula is C25H28N2O3S2. The van der Waals surface area contributed by atoms with E-state index in [0.717, 1.165) is 16.7 Å². The van der Waals surface area contributed by atoms with Gasteiger partial charge in [0.15, 0.2) is 0 Å². The summed E-state index contributed by atoms with van der Waals surface area (Å²) in [4.78, 5) is 13.1. The van der Waals surface area contributed by atoms with Crippen molar-refractivity contribution < 1.29 is 13.2 Å². The first-order valence-electron chi connectivity index (χ1n) is 10.4. The normalized spacial score (nSPS) is 13.3. The summed E-state index contributed by atoms with van der Waals surface area (Å²) in [5.41, 5.74) is 3.18. The Morgan fingerprint density at radius 1 is 0.875 bits per heavy atom. The highest BCUT2D eigenvalue weighted by Gasteiger charge is 2.26. The monoisotopic (exact) mass is 468 g/mol. The second kappa shape index (κ2) is 11.3. The molecule has 7 heteroatoms. The van der Waals surface area contributed by atoms with Crippen LogP contribution in [0.25, 0.3) is 11.1 Å². The quantitative estimate of drug-likeness (QED) is 0.455. The average molecular weight is 469 g/mol.